The molecule has 2 amide bonds. The van der Waals surface area contributed by atoms with Crippen LogP contribution in [0.2, 0.25) is 0 Å². The Morgan fingerprint density at radius 2 is 1.72 bits per heavy atom. The number of benzene rings is 1. The average molecular weight is 958 g/mol. The number of aromatic nitrogens is 5. The maximum atomic E-state index is 17.1. The monoisotopic (exact) mass is 957 g/mol. The van der Waals surface area contributed by atoms with Crippen LogP contribution in [-0.4, -0.2) is 117 Å². The molecule has 5 N–H and O–H groups in total. The minimum absolute atomic E-state index is 0.0236. The summed E-state index contributed by atoms with van der Waals surface area (Å²) in [6.45, 7) is 6.34. The summed E-state index contributed by atoms with van der Waals surface area (Å²) < 4.78 is 67.7. The molecule has 5 aliphatic rings. The Bertz CT molecular complexity index is 2650. The molecule has 4 aromatic rings. The van der Waals surface area contributed by atoms with Gasteiger partial charge in [0.05, 0.1) is 72.5 Å². The normalized spacial score (nSPS) is 24.1. The van der Waals surface area contributed by atoms with Crippen molar-refractivity contribution >= 4 is 34.0 Å². The van der Waals surface area contributed by atoms with Crippen molar-refractivity contribution in [1.29, 1.82) is 0 Å². The Labute approximate surface area is 399 Å². The van der Waals surface area contributed by atoms with Crippen LogP contribution in [0.1, 0.15) is 108 Å². The first kappa shape index (κ1) is 48.1. The van der Waals surface area contributed by atoms with E-state index in [1.54, 1.807) is 36.6 Å². The zero-order valence-electron chi connectivity index (χ0n) is 39.8. The Morgan fingerprint density at radius 3 is 2.46 bits per heavy atom. The smallest absolute Gasteiger partial charge is 0.407 e. The number of H-pyrrole nitrogens is 2. The number of nitrogens with zero attached hydrogens (tertiary/aromatic N) is 5. The predicted octanol–water partition coefficient (Wildman–Crippen LogP) is 8.24. The van der Waals surface area contributed by atoms with Gasteiger partial charge in [-0.2, -0.15) is 8.78 Å². The van der Waals surface area contributed by atoms with Crippen molar-refractivity contribution < 1.29 is 46.8 Å². The topological polar surface area (TPSA) is 184 Å². The summed E-state index contributed by atoms with van der Waals surface area (Å²) in [6.07, 6.45) is 10.2. The van der Waals surface area contributed by atoms with Gasteiger partial charge in [-0.05, 0) is 85.9 Å². The second-order valence-corrected chi connectivity index (χ2v) is 19.2. The molecule has 9 rings (SSSR count). The number of fused-ring (bicyclic) bond motifs is 4. The maximum Gasteiger partial charge on any atom is 0.407 e. The van der Waals surface area contributed by atoms with Crippen LogP contribution >= 0.6 is 0 Å². The van der Waals surface area contributed by atoms with Gasteiger partial charge in [-0.15, -0.1) is 0 Å². The molecule has 3 aromatic heterocycles. The van der Waals surface area contributed by atoms with Gasteiger partial charge in [0.2, 0.25) is 5.91 Å². The third kappa shape index (κ3) is 9.57. The summed E-state index contributed by atoms with van der Waals surface area (Å²) in [6, 6.07) is 6.31. The lowest BCUT2D eigenvalue weighted by Gasteiger charge is -2.37. The Morgan fingerprint density at radius 1 is 0.986 bits per heavy atom. The molecular formula is C50H62F3N9O7. The zero-order valence-corrected chi connectivity index (χ0v) is 39.8. The summed E-state index contributed by atoms with van der Waals surface area (Å²) in [5, 5.41) is 18.4. The van der Waals surface area contributed by atoms with Crippen LogP contribution < -0.4 is 10.6 Å². The van der Waals surface area contributed by atoms with E-state index in [2.05, 4.69) is 39.3 Å². The highest BCUT2D eigenvalue weighted by Crippen LogP contribution is 2.49. The highest BCUT2D eigenvalue weighted by atomic mass is 19.3. The highest BCUT2D eigenvalue weighted by molar-refractivity contribution is 5.92. The number of imidazole rings is 2. The third-order valence-corrected chi connectivity index (χ3v) is 14.1. The van der Waals surface area contributed by atoms with E-state index in [9.17, 15) is 23.5 Å². The standard InChI is InChI=1S/C50H62F3N9O7/c1-26(2)42(56-25-66-5)46(63)60-16-8-12-37(60)45-55-24-35(58-45)30-20-33(51)41-39-21-31-18-28(14-15-36(31)62(39)48(69-40(41)22-30)29-10-7-11-32(19-29)68-49(52)53)34-23-54-44(57-34)38-13-9-17-61(38)47(64)43(27(3)4)59-50(65)67-6/h7,11,14-15,18-19,21-24,26-27,29,33,37-38,42-43,46,48-49,56,63H,8-10,12-13,16-17,20,25H2,1-6H3,(H,54,57)(H,55,58)(H,59,65). The lowest BCUT2D eigenvalue weighted by atomic mass is 9.89. The fourth-order valence-electron chi connectivity index (χ4n) is 10.7. The third-order valence-electron chi connectivity index (χ3n) is 14.1. The molecule has 6 heterocycles. The Kier molecular flexibility index (Phi) is 14.1. The summed E-state index contributed by atoms with van der Waals surface area (Å²) in [7, 11) is 2.87. The molecule has 2 saturated heterocycles. The van der Waals surface area contributed by atoms with Crippen LogP contribution in [0.25, 0.3) is 33.3 Å². The lowest BCUT2D eigenvalue weighted by molar-refractivity contribution is -0.135. The minimum Gasteiger partial charge on any atom is -0.469 e. The number of ether oxygens (including phenoxy) is 4. The molecule has 8 atom stereocenters. The number of aliphatic hydroxyl groups is 1. The van der Waals surface area contributed by atoms with E-state index in [0.29, 0.717) is 72.6 Å². The highest BCUT2D eigenvalue weighted by Gasteiger charge is 2.42. The molecule has 370 valence electrons. The van der Waals surface area contributed by atoms with E-state index in [4.69, 9.17) is 28.9 Å². The molecule has 0 spiro atoms. The molecule has 19 heteroatoms. The number of carbonyl (C=O) groups excluding carboxylic acids is 2. The van der Waals surface area contributed by atoms with Crippen molar-refractivity contribution in [1.82, 2.24) is 44.9 Å². The molecule has 69 heavy (non-hydrogen) atoms. The Hall–Kier alpha value is -5.89. The molecule has 1 aromatic carbocycles. The van der Waals surface area contributed by atoms with E-state index in [1.165, 1.54) is 13.2 Å². The van der Waals surface area contributed by atoms with Crippen molar-refractivity contribution in [3.05, 3.63) is 95.5 Å². The first-order valence-corrected chi connectivity index (χ1v) is 23.9. The number of aromatic amines is 2. The van der Waals surface area contributed by atoms with Crippen molar-refractivity contribution in [3.8, 4) is 11.3 Å². The molecule has 16 nitrogen and oxygen atoms in total. The number of rotatable bonds is 16. The van der Waals surface area contributed by atoms with Gasteiger partial charge in [-0.3, -0.25) is 15.0 Å². The first-order chi connectivity index (χ1) is 33.2. The van der Waals surface area contributed by atoms with E-state index in [1.807, 2.05) is 48.8 Å². The van der Waals surface area contributed by atoms with Crippen LogP contribution in [0.4, 0.5) is 18.0 Å². The molecule has 0 radical (unpaired) electrons. The van der Waals surface area contributed by atoms with Gasteiger partial charge in [0.25, 0.3) is 0 Å². The van der Waals surface area contributed by atoms with Crippen molar-refractivity contribution in [2.24, 2.45) is 17.8 Å². The van der Waals surface area contributed by atoms with Crippen LogP contribution in [0.3, 0.4) is 0 Å². The van der Waals surface area contributed by atoms with Crippen molar-refractivity contribution in [2.75, 3.05) is 34.0 Å². The largest absolute Gasteiger partial charge is 0.469 e. The molecule has 2 fully saturated rings. The van der Waals surface area contributed by atoms with E-state index < -0.39 is 43.3 Å². The van der Waals surface area contributed by atoms with Crippen LogP contribution in [0, 0.1) is 17.8 Å². The number of methoxy groups -OCH3 is 2. The van der Waals surface area contributed by atoms with E-state index >= 15 is 4.39 Å². The van der Waals surface area contributed by atoms with Gasteiger partial charge in [-0.25, -0.2) is 19.2 Å². The molecule has 3 aliphatic heterocycles. The summed E-state index contributed by atoms with van der Waals surface area (Å²) >= 11 is 0. The van der Waals surface area contributed by atoms with Gasteiger partial charge in [0.1, 0.15) is 41.6 Å². The fourth-order valence-corrected chi connectivity index (χ4v) is 10.7. The Balaban J connectivity index is 1.03. The van der Waals surface area contributed by atoms with E-state index in [-0.39, 0.29) is 48.0 Å². The number of carbonyl (C=O) groups is 2. The second-order valence-electron chi connectivity index (χ2n) is 19.2. The van der Waals surface area contributed by atoms with Gasteiger partial charge in [0.15, 0.2) is 6.23 Å². The average Bonchev–Trinajstić information content (AvgIpc) is 4.19. The first-order valence-electron chi connectivity index (χ1n) is 23.9. The number of likely N-dealkylation sites (tertiary alicyclic amines) is 2. The lowest BCUT2D eigenvalue weighted by Crippen LogP contribution is -2.52. The number of alkyl halides is 3. The van der Waals surface area contributed by atoms with Gasteiger partial charge < -0.3 is 48.8 Å². The number of nitrogens with one attached hydrogen (secondary N) is 4. The summed E-state index contributed by atoms with van der Waals surface area (Å²) in [4.78, 5) is 46.2. The summed E-state index contributed by atoms with van der Waals surface area (Å²) in [5.74, 6) is 0.965. The predicted molar refractivity (Wildman–Crippen MR) is 251 cm³/mol. The molecular weight excluding hydrogens is 896 g/mol. The van der Waals surface area contributed by atoms with Crippen molar-refractivity contribution in [2.45, 2.75) is 116 Å². The zero-order chi connectivity index (χ0) is 48.7. The minimum atomic E-state index is -3.01. The van der Waals surface area contributed by atoms with Crippen LogP contribution in [0.15, 0.2) is 72.5 Å². The van der Waals surface area contributed by atoms with Crippen molar-refractivity contribution in [3.63, 3.8) is 0 Å². The van der Waals surface area contributed by atoms with Crippen LogP contribution in [0.5, 0.6) is 0 Å². The fraction of sp³-hybridized carbons (Fsp3) is 0.520. The van der Waals surface area contributed by atoms with Gasteiger partial charge in [-0.1, -0.05) is 39.8 Å². The molecule has 0 saturated carbocycles. The molecule has 8 unspecified atom stereocenters. The number of hydrogen-bond donors (Lipinski definition) is 5. The summed E-state index contributed by atoms with van der Waals surface area (Å²) in [5.41, 5.74) is 4.59. The number of amides is 2. The molecule has 2 aliphatic carbocycles. The molecule has 0 bridgehead atoms. The second kappa shape index (κ2) is 20.2. The van der Waals surface area contributed by atoms with Gasteiger partial charge in [0, 0.05) is 43.5 Å². The number of allylic oxidation sites excluding steroid dienone is 5. The number of aliphatic hydroxyl groups excluding tert-OH is 1. The quantitative estimate of drug-likeness (QED) is 0.0682. The number of hydrogen-bond acceptors (Lipinski definition) is 11. The van der Waals surface area contributed by atoms with Crippen LogP contribution in [-0.2, 0) is 23.7 Å². The SMILES string of the molecule is COCNC(C(C)C)C(O)N1CCCC1c1ncc(C2=CC3=C(c4cc5cc(-c6cnc(C7CCCN7C(=O)C(NC(=O)OC)C(C)C)[nH]6)ccc5n4C(C4C=C(OC(F)F)C=CC4)O3)C(F)C2)[nH]1. The maximum absolute atomic E-state index is 17.1. The number of halogens is 3. The number of alkyl carbamates (subject to hydrolysis) is 1. The van der Waals surface area contributed by atoms with E-state index in [0.717, 1.165) is 41.4 Å². The van der Waals surface area contributed by atoms with Gasteiger partial charge >= 0.3 is 12.7 Å².